The Hall–Kier alpha value is -1.26. The fourth-order valence-corrected chi connectivity index (χ4v) is 1.96. The van der Waals surface area contributed by atoms with Gasteiger partial charge in [-0.25, -0.2) is 0 Å². The van der Waals surface area contributed by atoms with Crippen molar-refractivity contribution in [3.8, 4) is 0 Å². The Balaban J connectivity index is 2.73. The van der Waals surface area contributed by atoms with Crippen molar-refractivity contribution < 1.29 is 10.0 Å². The molecule has 1 aliphatic carbocycles. The molecule has 1 fully saturated rings. The zero-order chi connectivity index (χ0) is 13.1. The van der Waals surface area contributed by atoms with E-state index in [0.29, 0.717) is 25.3 Å². The number of hydrogen-bond acceptors (Lipinski definition) is 3. The van der Waals surface area contributed by atoms with Crippen molar-refractivity contribution in [3.05, 3.63) is 0 Å². The first-order chi connectivity index (χ1) is 8.01. The van der Waals surface area contributed by atoms with Crippen LogP contribution in [0, 0.1) is 11.3 Å². The molecule has 1 rings (SSSR count). The van der Waals surface area contributed by atoms with Gasteiger partial charge in [-0.2, -0.15) is 0 Å². The molecule has 0 radical (unpaired) electrons. The minimum absolute atomic E-state index is 0.00981. The van der Waals surface area contributed by atoms with Gasteiger partial charge in [-0.3, -0.25) is 4.79 Å². The number of hydrogen-bond donors (Lipinski definition) is 2. The Morgan fingerprint density at radius 1 is 1.53 bits per heavy atom. The van der Waals surface area contributed by atoms with E-state index in [2.05, 4.69) is 19.0 Å². The van der Waals surface area contributed by atoms with Crippen LogP contribution < -0.4 is 5.73 Å². The van der Waals surface area contributed by atoms with Crippen molar-refractivity contribution in [2.45, 2.75) is 40.0 Å². The lowest BCUT2D eigenvalue weighted by Crippen LogP contribution is -2.45. The first-order valence-corrected chi connectivity index (χ1v) is 6.29. The zero-order valence-corrected chi connectivity index (χ0v) is 10.9. The van der Waals surface area contributed by atoms with Crippen LogP contribution in [0.3, 0.4) is 0 Å². The zero-order valence-electron chi connectivity index (χ0n) is 10.9. The van der Waals surface area contributed by atoms with Gasteiger partial charge in [-0.05, 0) is 25.7 Å². The fraction of sp³-hybridized carbons (Fsp3) is 0.833. The molecule has 5 heteroatoms. The van der Waals surface area contributed by atoms with E-state index in [4.69, 9.17) is 10.9 Å². The number of amides is 1. The van der Waals surface area contributed by atoms with Gasteiger partial charge in [-0.1, -0.05) is 25.4 Å². The van der Waals surface area contributed by atoms with Crippen LogP contribution >= 0.6 is 0 Å². The van der Waals surface area contributed by atoms with Crippen LogP contribution in [0.25, 0.3) is 0 Å². The molecule has 3 N–H and O–H groups in total. The summed E-state index contributed by atoms with van der Waals surface area (Å²) in [6, 6.07) is 0. The Bertz CT molecular complexity index is 311. The largest absolute Gasteiger partial charge is 0.409 e. The van der Waals surface area contributed by atoms with E-state index in [1.807, 2.05) is 11.8 Å². The van der Waals surface area contributed by atoms with Gasteiger partial charge in [0.2, 0.25) is 5.91 Å². The highest BCUT2D eigenvalue weighted by molar-refractivity contribution is 6.09. The molecule has 1 saturated carbocycles. The summed E-state index contributed by atoms with van der Waals surface area (Å²) in [6.45, 7) is 7.61. The Morgan fingerprint density at radius 3 is 2.47 bits per heavy atom. The maximum absolute atomic E-state index is 12.4. The van der Waals surface area contributed by atoms with E-state index in [9.17, 15) is 4.79 Å². The monoisotopic (exact) mass is 241 g/mol. The smallest absolute Gasteiger partial charge is 0.236 e. The maximum Gasteiger partial charge on any atom is 0.236 e. The third-order valence-electron chi connectivity index (χ3n) is 3.66. The summed E-state index contributed by atoms with van der Waals surface area (Å²) in [7, 11) is 0. The van der Waals surface area contributed by atoms with Crippen LogP contribution in [-0.4, -0.2) is 34.9 Å². The van der Waals surface area contributed by atoms with Gasteiger partial charge in [0.05, 0.1) is 0 Å². The summed E-state index contributed by atoms with van der Waals surface area (Å²) in [5.41, 5.74) is 4.91. The van der Waals surface area contributed by atoms with Crippen molar-refractivity contribution in [1.29, 1.82) is 0 Å². The SMILES string of the molecule is CCC(C)CN(CC)C(=O)C1(C(N)=NO)CC1. The molecule has 1 unspecified atom stereocenters. The van der Waals surface area contributed by atoms with E-state index in [-0.39, 0.29) is 11.7 Å². The minimum atomic E-state index is -0.710. The number of rotatable bonds is 6. The Morgan fingerprint density at radius 2 is 2.12 bits per heavy atom. The molecule has 0 spiro atoms. The summed E-state index contributed by atoms with van der Waals surface area (Å²) < 4.78 is 0. The van der Waals surface area contributed by atoms with Crippen LogP contribution in [0.1, 0.15) is 40.0 Å². The summed E-state index contributed by atoms with van der Waals surface area (Å²) in [6.07, 6.45) is 2.43. The molecule has 17 heavy (non-hydrogen) atoms. The third kappa shape index (κ3) is 2.70. The molecule has 0 aliphatic heterocycles. The number of nitrogens with zero attached hydrogens (tertiary/aromatic N) is 2. The summed E-state index contributed by atoms with van der Waals surface area (Å²) in [4.78, 5) is 14.2. The predicted octanol–water partition coefficient (Wildman–Crippen LogP) is 1.41. The summed E-state index contributed by atoms with van der Waals surface area (Å²) >= 11 is 0. The quantitative estimate of drug-likeness (QED) is 0.319. The Kier molecular flexibility index (Phi) is 4.37. The van der Waals surface area contributed by atoms with Gasteiger partial charge < -0.3 is 15.8 Å². The molecule has 0 aromatic heterocycles. The van der Waals surface area contributed by atoms with Gasteiger partial charge in [0, 0.05) is 13.1 Å². The lowest BCUT2D eigenvalue weighted by molar-refractivity contribution is -0.135. The molecule has 1 atom stereocenters. The summed E-state index contributed by atoms with van der Waals surface area (Å²) in [5.74, 6) is 0.544. The number of carbonyl (C=O) groups is 1. The average molecular weight is 241 g/mol. The van der Waals surface area contributed by atoms with Gasteiger partial charge in [-0.15, -0.1) is 0 Å². The molecule has 0 bridgehead atoms. The van der Waals surface area contributed by atoms with Crippen LogP contribution in [0.4, 0.5) is 0 Å². The number of carbonyl (C=O) groups excluding carboxylic acids is 1. The van der Waals surface area contributed by atoms with E-state index in [1.54, 1.807) is 0 Å². The molecule has 0 heterocycles. The number of amidine groups is 1. The highest BCUT2D eigenvalue weighted by Gasteiger charge is 2.55. The van der Waals surface area contributed by atoms with E-state index < -0.39 is 5.41 Å². The molecule has 98 valence electrons. The second kappa shape index (κ2) is 5.38. The van der Waals surface area contributed by atoms with E-state index >= 15 is 0 Å². The highest BCUT2D eigenvalue weighted by Crippen LogP contribution is 2.47. The van der Waals surface area contributed by atoms with Crippen molar-refractivity contribution in [3.63, 3.8) is 0 Å². The molecule has 0 saturated heterocycles. The fourth-order valence-electron chi connectivity index (χ4n) is 1.96. The van der Waals surface area contributed by atoms with Crippen LogP contribution in [0.5, 0.6) is 0 Å². The number of oxime groups is 1. The van der Waals surface area contributed by atoms with Crippen molar-refractivity contribution in [1.82, 2.24) is 4.90 Å². The average Bonchev–Trinajstić information content (AvgIpc) is 3.15. The topological polar surface area (TPSA) is 78.9 Å². The first-order valence-electron chi connectivity index (χ1n) is 6.29. The molecular weight excluding hydrogens is 218 g/mol. The normalized spacial score (nSPS) is 19.8. The summed E-state index contributed by atoms with van der Waals surface area (Å²) in [5, 5.41) is 11.7. The highest BCUT2D eigenvalue weighted by atomic mass is 16.4. The molecule has 1 amide bonds. The molecule has 1 aliphatic rings. The second-order valence-corrected chi connectivity index (χ2v) is 4.92. The molecule has 0 aromatic rings. The lowest BCUT2D eigenvalue weighted by atomic mass is 10.0. The van der Waals surface area contributed by atoms with Crippen LogP contribution in [0.2, 0.25) is 0 Å². The standard InChI is InChI=1S/C12H23N3O2/c1-4-9(3)8-15(5-2)11(16)12(6-7-12)10(13)14-17/h9,17H,4-8H2,1-3H3,(H2,13,14). The van der Waals surface area contributed by atoms with Crippen molar-refractivity contribution in [2.75, 3.05) is 13.1 Å². The van der Waals surface area contributed by atoms with Crippen LogP contribution in [-0.2, 0) is 4.79 Å². The molecule has 0 aromatic carbocycles. The van der Waals surface area contributed by atoms with Gasteiger partial charge in [0.25, 0.3) is 0 Å². The third-order valence-corrected chi connectivity index (χ3v) is 3.66. The molecule has 5 nitrogen and oxygen atoms in total. The number of nitrogens with two attached hydrogens (primary N) is 1. The van der Waals surface area contributed by atoms with E-state index in [0.717, 1.165) is 13.0 Å². The Labute approximate surface area is 103 Å². The lowest BCUT2D eigenvalue weighted by Gasteiger charge is -2.27. The minimum Gasteiger partial charge on any atom is -0.409 e. The second-order valence-electron chi connectivity index (χ2n) is 4.92. The molecular formula is C12H23N3O2. The van der Waals surface area contributed by atoms with Crippen molar-refractivity contribution >= 4 is 11.7 Å². The van der Waals surface area contributed by atoms with Gasteiger partial charge >= 0.3 is 0 Å². The maximum atomic E-state index is 12.4. The van der Waals surface area contributed by atoms with Crippen molar-refractivity contribution in [2.24, 2.45) is 22.2 Å². The van der Waals surface area contributed by atoms with E-state index in [1.165, 1.54) is 0 Å². The van der Waals surface area contributed by atoms with Gasteiger partial charge in [0.1, 0.15) is 5.41 Å². The van der Waals surface area contributed by atoms with Gasteiger partial charge in [0.15, 0.2) is 5.84 Å². The predicted molar refractivity (Wildman–Crippen MR) is 66.8 cm³/mol. The first kappa shape index (κ1) is 13.8. The van der Waals surface area contributed by atoms with Crippen LogP contribution in [0.15, 0.2) is 5.16 Å².